The Hall–Kier alpha value is -1.06. The molecule has 76 valence electrons. The molecule has 6 heteroatoms. The van der Waals surface area contributed by atoms with Crippen LogP contribution in [0.25, 0.3) is 0 Å². The Kier molecular flexibility index (Phi) is 3.13. The first-order valence-corrected chi connectivity index (χ1v) is 4.51. The van der Waals surface area contributed by atoms with Crippen LogP contribution in [0.3, 0.4) is 0 Å². The molecule has 0 aliphatic carbocycles. The highest BCUT2D eigenvalue weighted by Crippen LogP contribution is 2.31. The van der Waals surface area contributed by atoms with Gasteiger partial charge in [-0.25, -0.2) is 4.98 Å². The van der Waals surface area contributed by atoms with E-state index in [9.17, 15) is 13.2 Å². The number of nitrogens with zero attached hydrogens (tertiary/aromatic N) is 1. The van der Waals surface area contributed by atoms with Crippen molar-refractivity contribution < 1.29 is 13.2 Å². The Balaban J connectivity index is 2.86. The summed E-state index contributed by atoms with van der Waals surface area (Å²) in [7, 11) is 0. The second kappa shape index (κ2) is 3.98. The molecule has 2 N–H and O–H groups in total. The molecule has 0 bridgehead atoms. The number of alkyl halides is 3. The van der Waals surface area contributed by atoms with Crippen molar-refractivity contribution in [1.82, 2.24) is 4.98 Å². The normalized spacial score (nSPS) is 13.2. The lowest BCUT2D eigenvalue weighted by Crippen LogP contribution is -2.10. The molecule has 1 atom stereocenters. The Labute approximate surface area is 83.0 Å². The Morgan fingerprint density at radius 2 is 2.21 bits per heavy atom. The largest absolute Gasteiger partial charge is 0.443 e. The summed E-state index contributed by atoms with van der Waals surface area (Å²) in [6, 6.07) is -0.355. The van der Waals surface area contributed by atoms with E-state index in [1.54, 1.807) is 6.92 Å². The van der Waals surface area contributed by atoms with E-state index in [-0.39, 0.29) is 10.9 Å². The molecule has 1 aromatic heterocycles. The number of thiazole rings is 1. The third kappa shape index (κ3) is 3.01. The fourth-order valence-corrected chi connectivity index (χ4v) is 1.29. The quantitative estimate of drug-likeness (QED) is 0.678. The third-order valence-electron chi connectivity index (χ3n) is 1.17. The number of nitrogens with two attached hydrogens (primary N) is 1. The smallest absolute Gasteiger partial charge is 0.318 e. The third-order valence-corrected chi connectivity index (χ3v) is 2.13. The summed E-state index contributed by atoms with van der Waals surface area (Å²) in [6.07, 6.45) is -3.29. The Bertz CT molecular complexity index is 370. The van der Waals surface area contributed by atoms with Crippen LogP contribution in [-0.4, -0.2) is 11.0 Å². The molecule has 0 aliphatic heterocycles. The minimum atomic E-state index is -4.39. The van der Waals surface area contributed by atoms with E-state index in [4.69, 9.17) is 5.73 Å². The van der Waals surface area contributed by atoms with Crippen molar-refractivity contribution in [3.8, 4) is 11.8 Å². The summed E-state index contributed by atoms with van der Waals surface area (Å²) in [6.45, 7) is 1.65. The fraction of sp³-hybridized carbons (Fsp3) is 0.375. The highest BCUT2D eigenvalue weighted by Gasteiger charge is 2.34. The molecular weight excluding hydrogens is 213 g/mol. The van der Waals surface area contributed by atoms with E-state index >= 15 is 0 Å². The lowest BCUT2D eigenvalue weighted by molar-refractivity contribution is -0.137. The van der Waals surface area contributed by atoms with Crippen LogP contribution in [0, 0.1) is 11.8 Å². The van der Waals surface area contributed by atoms with Crippen LogP contribution in [0.2, 0.25) is 0 Å². The fourth-order valence-electron chi connectivity index (χ4n) is 0.648. The first kappa shape index (κ1) is 11.0. The molecule has 1 aromatic rings. The van der Waals surface area contributed by atoms with Gasteiger partial charge in [0.15, 0.2) is 5.01 Å². The molecular formula is C8H7F3N2S. The maximum Gasteiger partial charge on any atom is 0.443 e. The van der Waals surface area contributed by atoms with Gasteiger partial charge >= 0.3 is 6.18 Å². The van der Waals surface area contributed by atoms with Gasteiger partial charge in [0.1, 0.15) is 0 Å². The molecule has 0 aromatic carbocycles. The first-order valence-electron chi connectivity index (χ1n) is 3.70. The average molecular weight is 220 g/mol. The second-order valence-corrected chi connectivity index (χ2v) is 3.62. The molecule has 1 rings (SSSR count). The zero-order chi connectivity index (χ0) is 10.8. The molecule has 0 aliphatic rings. The molecule has 0 saturated carbocycles. The van der Waals surface area contributed by atoms with Gasteiger partial charge in [-0.1, -0.05) is 11.8 Å². The summed E-state index contributed by atoms with van der Waals surface area (Å²) < 4.78 is 36.2. The average Bonchev–Trinajstić information content (AvgIpc) is 2.47. The van der Waals surface area contributed by atoms with Crippen molar-refractivity contribution in [3.05, 3.63) is 16.1 Å². The first-order chi connectivity index (χ1) is 6.39. The number of aromatic nitrogens is 1. The minimum absolute atomic E-state index is 0.273. The molecule has 0 fully saturated rings. The van der Waals surface area contributed by atoms with Crippen LogP contribution in [0.5, 0.6) is 0 Å². The lowest BCUT2D eigenvalue weighted by Gasteiger charge is -1.98. The van der Waals surface area contributed by atoms with E-state index in [0.717, 1.165) is 6.20 Å². The predicted octanol–water partition coefficient (Wildman–Crippen LogP) is 1.86. The van der Waals surface area contributed by atoms with Crippen LogP contribution in [0.15, 0.2) is 6.20 Å². The molecule has 1 heterocycles. The van der Waals surface area contributed by atoms with Gasteiger partial charge in [0.2, 0.25) is 0 Å². The summed E-state index contributed by atoms with van der Waals surface area (Å²) in [5.41, 5.74) is 5.32. The van der Waals surface area contributed by atoms with Crippen LogP contribution in [0.1, 0.15) is 16.8 Å². The summed E-state index contributed by atoms with van der Waals surface area (Å²) in [5.74, 6) is 5.07. The number of halogens is 3. The van der Waals surface area contributed by atoms with Gasteiger partial charge in [-0.15, -0.1) is 11.3 Å². The molecule has 14 heavy (non-hydrogen) atoms. The van der Waals surface area contributed by atoms with Crippen molar-refractivity contribution in [2.75, 3.05) is 0 Å². The second-order valence-electron chi connectivity index (χ2n) is 2.59. The number of hydrogen-bond acceptors (Lipinski definition) is 3. The molecule has 1 unspecified atom stereocenters. The predicted molar refractivity (Wildman–Crippen MR) is 47.6 cm³/mol. The SMILES string of the molecule is CC(N)C#Cc1cnc(C(F)(F)F)s1. The highest BCUT2D eigenvalue weighted by molar-refractivity contribution is 7.12. The number of rotatable bonds is 0. The summed E-state index contributed by atoms with van der Waals surface area (Å²) >= 11 is 0.517. The summed E-state index contributed by atoms with van der Waals surface area (Å²) in [5, 5.41) is -0.883. The standard InChI is InChI=1S/C8H7F3N2S/c1-5(12)2-3-6-4-13-7(14-6)8(9,10)11/h4-5H,12H2,1H3. The monoisotopic (exact) mass is 220 g/mol. The lowest BCUT2D eigenvalue weighted by atomic mass is 10.3. The zero-order valence-corrected chi connectivity index (χ0v) is 8.04. The molecule has 0 saturated heterocycles. The van der Waals surface area contributed by atoms with Crippen molar-refractivity contribution in [2.24, 2.45) is 5.73 Å². The van der Waals surface area contributed by atoms with Crippen molar-refractivity contribution >= 4 is 11.3 Å². The van der Waals surface area contributed by atoms with Gasteiger partial charge in [-0.05, 0) is 6.92 Å². The van der Waals surface area contributed by atoms with E-state index in [0.29, 0.717) is 11.3 Å². The molecule has 0 spiro atoms. The number of hydrogen-bond donors (Lipinski definition) is 1. The van der Waals surface area contributed by atoms with Crippen LogP contribution in [-0.2, 0) is 6.18 Å². The van der Waals surface area contributed by atoms with E-state index in [1.807, 2.05) is 0 Å². The van der Waals surface area contributed by atoms with Crippen molar-refractivity contribution in [3.63, 3.8) is 0 Å². The van der Waals surface area contributed by atoms with Crippen molar-refractivity contribution in [2.45, 2.75) is 19.1 Å². The van der Waals surface area contributed by atoms with Gasteiger partial charge < -0.3 is 5.73 Å². The van der Waals surface area contributed by atoms with E-state index < -0.39 is 11.2 Å². The van der Waals surface area contributed by atoms with Gasteiger partial charge in [-0.2, -0.15) is 13.2 Å². The zero-order valence-electron chi connectivity index (χ0n) is 7.22. The van der Waals surface area contributed by atoms with Gasteiger partial charge in [0, 0.05) is 0 Å². The van der Waals surface area contributed by atoms with E-state index in [1.165, 1.54) is 0 Å². The van der Waals surface area contributed by atoms with Gasteiger partial charge in [0.25, 0.3) is 0 Å². The highest BCUT2D eigenvalue weighted by atomic mass is 32.1. The van der Waals surface area contributed by atoms with Crippen molar-refractivity contribution in [1.29, 1.82) is 0 Å². The maximum atomic E-state index is 12.1. The maximum absolute atomic E-state index is 12.1. The van der Waals surface area contributed by atoms with Gasteiger partial charge in [-0.3, -0.25) is 0 Å². The molecule has 0 radical (unpaired) electrons. The molecule has 0 amide bonds. The van der Waals surface area contributed by atoms with E-state index in [2.05, 4.69) is 16.8 Å². The Morgan fingerprint density at radius 1 is 1.57 bits per heavy atom. The minimum Gasteiger partial charge on any atom is -0.318 e. The summed E-state index contributed by atoms with van der Waals surface area (Å²) in [4.78, 5) is 3.49. The van der Waals surface area contributed by atoms with Crippen LogP contribution >= 0.6 is 11.3 Å². The topological polar surface area (TPSA) is 38.9 Å². The molecule has 2 nitrogen and oxygen atoms in total. The van der Waals surface area contributed by atoms with Crippen LogP contribution in [0.4, 0.5) is 13.2 Å². The van der Waals surface area contributed by atoms with Crippen LogP contribution < -0.4 is 5.73 Å². The van der Waals surface area contributed by atoms with Gasteiger partial charge in [0.05, 0.1) is 17.1 Å². The Morgan fingerprint density at radius 3 is 2.64 bits per heavy atom.